The number of hydrogen-bond donors (Lipinski definition) is 2. The first kappa shape index (κ1) is 21.1. The fourth-order valence-electron chi connectivity index (χ4n) is 4.58. The quantitative estimate of drug-likeness (QED) is 0.720. The van der Waals surface area contributed by atoms with Crippen LogP contribution in [0.15, 0.2) is 45.9 Å². The standard InChI is InChI=1S/C23H26N4O4S/c1-14-13-27(20(28)12-18-21(29)25-16-4-2-3-5-17(16)32-18)11-7-15(14)26-22(30)23(8-9-23)19-6-10-24-31-19/h2-6,10,14-15,18H,7-9,11-13H2,1H3,(H,25,29)(H,26,30). The number of para-hydroxylation sites is 1. The zero-order valence-corrected chi connectivity index (χ0v) is 18.7. The van der Waals surface area contributed by atoms with Crippen molar-refractivity contribution < 1.29 is 18.9 Å². The highest BCUT2D eigenvalue weighted by Gasteiger charge is 2.55. The first-order valence-corrected chi connectivity index (χ1v) is 11.9. The minimum atomic E-state index is -0.578. The Morgan fingerprint density at radius 1 is 1.31 bits per heavy atom. The SMILES string of the molecule is CC1CN(C(=O)CC2Sc3ccccc3NC2=O)CCC1NC(=O)C1(c2ccno2)CC1. The molecule has 0 radical (unpaired) electrons. The number of hydrogen-bond acceptors (Lipinski definition) is 6. The van der Waals surface area contributed by atoms with E-state index < -0.39 is 10.7 Å². The number of benzene rings is 1. The second-order valence-electron chi connectivity index (χ2n) is 8.94. The number of fused-ring (bicyclic) bond motifs is 1. The number of anilines is 1. The molecule has 1 aromatic carbocycles. The molecule has 2 aromatic rings. The van der Waals surface area contributed by atoms with Crippen molar-refractivity contribution in [3.63, 3.8) is 0 Å². The molecule has 3 atom stereocenters. The van der Waals surface area contributed by atoms with Gasteiger partial charge in [-0.1, -0.05) is 24.2 Å². The Kier molecular flexibility index (Phi) is 5.44. The number of rotatable bonds is 5. The highest BCUT2D eigenvalue weighted by Crippen LogP contribution is 2.48. The van der Waals surface area contributed by atoms with Crippen LogP contribution >= 0.6 is 11.8 Å². The summed E-state index contributed by atoms with van der Waals surface area (Å²) >= 11 is 1.44. The Morgan fingerprint density at radius 2 is 2.12 bits per heavy atom. The molecule has 1 aliphatic carbocycles. The molecule has 2 N–H and O–H groups in total. The number of likely N-dealkylation sites (tertiary alicyclic amines) is 1. The van der Waals surface area contributed by atoms with Crippen LogP contribution in [-0.4, -0.2) is 52.2 Å². The molecule has 3 unspecified atom stereocenters. The number of thioether (sulfide) groups is 1. The summed E-state index contributed by atoms with van der Waals surface area (Å²) in [5.74, 6) is 0.587. The van der Waals surface area contributed by atoms with E-state index in [1.54, 1.807) is 12.3 Å². The van der Waals surface area contributed by atoms with E-state index in [0.29, 0.717) is 25.3 Å². The van der Waals surface area contributed by atoms with Gasteiger partial charge in [-0.05, 0) is 37.3 Å². The molecule has 1 saturated carbocycles. The molecule has 1 aromatic heterocycles. The van der Waals surface area contributed by atoms with Gasteiger partial charge in [-0.15, -0.1) is 11.8 Å². The highest BCUT2D eigenvalue weighted by atomic mass is 32.2. The fraction of sp³-hybridized carbons (Fsp3) is 0.478. The molecule has 8 nitrogen and oxygen atoms in total. The second-order valence-corrected chi connectivity index (χ2v) is 10.2. The van der Waals surface area contributed by atoms with Crippen molar-refractivity contribution in [1.82, 2.24) is 15.4 Å². The molecule has 3 aliphatic rings. The van der Waals surface area contributed by atoms with E-state index in [4.69, 9.17) is 4.52 Å². The first-order valence-electron chi connectivity index (χ1n) is 11.0. The molecule has 32 heavy (non-hydrogen) atoms. The van der Waals surface area contributed by atoms with Gasteiger partial charge in [0, 0.05) is 36.5 Å². The van der Waals surface area contributed by atoms with Crippen LogP contribution < -0.4 is 10.6 Å². The normalized spacial score (nSPS) is 26.1. The molecule has 3 heterocycles. The van der Waals surface area contributed by atoms with Crippen LogP contribution in [0, 0.1) is 5.92 Å². The summed E-state index contributed by atoms with van der Waals surface area (Å²) in [6.07, 6.45) is 3.97. The zero-order chi connectivity index (χ0) is 22.3. The van der Waals surface area contributed by atoms with E-state index in [2.05, 4.69) is 22.7 Å². The lowest BCUT2D eigenvalue weighted by atomic mass is 9.92. The maximum atomic E-state index is 12.9. The number of carbonyl (C=O) groups is 3. The average Bonchev–Trinajstić information content (AvgIpc) is 3.41. The Labute approximate surface area is 190 Å². The van der Waals surface area contributed by atoms with Gasteiger partial charge in [0.15, 0.2) is 5.76 Å². The minimum Gasteiger partial charge on any atom is -0.360 e. The fourth-order valence-corrected chi connectivity index (χ4v) is 5.68. The van der Waals surface area contributed by atoms with Crippen LogP contribution in [0.25, 0.3) is 0 Å². The largest absolute Gasteiger partial charge is 0.360 e. The van der Waals surface area contributed by atoms with E-state index >= 15 is 0 Å². The summed E-state index contributed by atoms with van der Waals surface area (Å²) < 4.78 is 5.25. The Morgan fingerprint density at radius 3 is 2.84 bits per heavy atom. The monoisotopic (exact) mass is 454 g/mol. The molecular formula is C23H26N4O4S. The third kappa shape index (κ3) is 3.90. The van der Waals surface area contributed by atoms with E-state index in [0.717, 1.165) is 23.4 Å². The van der Waals surface area contributed by atoms with Crippen molar-refractivity contribution in [2.24, 2.45) is 5.92 Å². The molecule has 1 saturated heterocycles. The van der Waals surface area contributed by atoms with E-state index in [9.17, 15) is 14.4 Å². The van der Waals surface area contributed by atoms with Crippen LogP contribution in [-0.2, 0) is 19.8 Å². The van der Waals surface area contributed by atoms with Crippen molar-refractivity contribution in [2.45, 2.75) is 54.2 Å². The highest BCUT2D eigenvalue weighted by molar-refractivity contribution is 8.01. The van der Waals surface area contributed by atoms with Gasteiger partial charge in [0.05, 0.1) is 17.1 Å². The number of amides is 3. The summed E-state index contributed by atoms with van der Waals surface area (Å²) in [7, 11) is 0. The number of carbonyl (C=O) groups excluding carboxylic acids is 3. The van der Waals surface area contributed by atoms with Crippen molar-refractivity contribution in [2.75, 3.05) is 18.4 Å². The summed E-state index contributed by atoms with van der Waals surface area (Å²) in [5, 5.41) is 9.39. The van der Waals surface area contributed by atoms with Gasteiger partial charge >= 0.3 is 0 Å². The molecule has 5 rings (SSSR count). The van der Waals surface area contributed by atoms with Crippen molar-refractivity contribution in [3.05, 3.63) is 42.3 Å². The minimum absolute atomic E-state index is 0.00572. The van der Waals surface area contributed by atoms with E-state index in [1.165, 1.54) is 11.8 Å². The Hall–Kier alpha value is -2.81. The molecule has 0 bridgehead atoms. The van der Waals surface area contributed by atoms with Gasteiger partial charge in [0.1, 0.15) is 5.41 Å². The molecule has 2 aliphatic heterocycles. The molecule has 168 valence electrons. The van der Waals surface area contributed by atoms with Crippen LogP contribution in [0.2, 0.25) is 0 Å². The van der Waals surface area contributed by atoms with Crippen molar-refractivity contribution in [3.8, 4) is 0 Å². The first-order chi connectivity index (χ1) is 15.5. The lowest BCUT2D eigenvalue weighted by Gasteiger charge is -2.38. The van der Waals surface area contributed by atoms with Crippen LogP contribution in [0.3, 0.4) is 0 Å². The topological polar surface area (TPSA) is 105 Å². The Balaban J connectivity index is 1.16. The van der Waals surface area contributed by atoms with Gasteiger partial charge in [-0.3, -0.25) is 14.4 Å². The maximum Gasteiger partial charge on any atom is 0.238 e. The van der Waals surface area contributed by atoms with E-state index in [-0.39, 0.29) is 36.1 Å². The summed E-state index contributed by atoms with van der Waals surface area (Å²) in [6.45, 7) is 3.18. The number of piperidine rings is 1. The summed E-state index contributed by atoms with van der Waals surface area (Å²) in [4.78, 5) is 41.1. The summed E-state index contributed by atoms with van der Waals surface area (Å²) in [5.41, 5.74) is 0.223. The van der Waals surface area contributed by atoms with Gasteiger partial charge in [-0.25, -0.2) is 0 Å². The zero-order valence-electron chi connectivity index (χ0n) is 17.9. The molecule has 3 amide bonds. The lowest BCUT2D eigenvalue weighted by Crippen LogP contribution is -2.53. The lowest BCUT2D eigenvalue weighted by molar-refractivity contribution is -0.135. The van der Waals surface area contributed by atoms with Gasteiger partial charge in [0.25, 0.3) is 0 Å². The predicted octanol–water partition coefficient (Wildman–Crippen LogP) is 2.56. The van der Waals surface area contributed by atoms with Gasteiger partial charge in [-0.2, -0.15) is 0 Å². The Bertz CT molecular complexity index is 1040. The number of nitrogens with zero attached hydrogens (tertiary/aromatic N) is 2. The van der Waals surface area contributed by atoms with Gasteiger partial charge < -0.3 is 20.1 Å². The van der Waals surface area contributed by atoms with Crippen LogP contribution in [0.1, 0.15) is 38.4 Å². The molecular weight excluding hydrogens is 428 g/mol. The average molecular weight is 455 g/mol. The summed E-state index contributed by atoms with van der Waals surface area (Å²) in [6, 6.07) is 9.40. The third-order valence-electron chi connectivity index (χ3n) is 6.74. The van der Waals surface area contributed by atoms with Crippen molar-refractivity contribution >= 4 is 35.2 Å². The molecule has 9 heteroatoms. The number of nitrogens with one attached hydrogen (secondary N) is 2. The number of aromatic nitrogens is 1. The van der Waals surface area contributed by atoms with Crippen molar-refractivity contribution in [1.29, 1.82) is 0 Å². The van der Waals surface area contributed by atoms with E-state index in [1.807, 2.05) is 29.2 Å². The molecule has 0 spiro atoms. The van der Waals surface area contributed by atoms with Gasteiger partial charge in [0.2, 0.25) is 17.7 Å². The second kappa shape index (κ2) is 8.27. The smallest absolute Gasteiger partial charge is 0.238 e. The van der Waals surface area contributed by atoms with Crippen LogP contribution in [0.5, 0.6) is 0 Å². The van der Waals surface area contributed by atoms with Crippen LogP contribution in [0.4, 0.5) is 5.69 Å². The third-order valence-corrected chi connectivity index (χ3v) is 8.01. The molecule has 2 fully saturated rings. The maximum absolute atomic E-state index is 12.9. The predicted molar refractivity (Wildman–Crippen MR) is 119 cm³/mol.